The number of nitrogens with zero attached hydrogens (tertiary/aromatic N) is 1. The molecule has 0 radical (unpaired) electrons. The summed E-state index contributed by atoms with van der Waals surface area (Å²) in [6, 6.07) is 2.76. The zero-order valence-electron chi connectivity index (χ0n) is 11.6. The predicted molar refractivity (Wildman–Crippen MR) is 77.9 cm³/mol. The normalized spacial score (nSPS) is 25.5. The van der Waals surface area contributed by atoms with Gasteiger partial charge in [-0.2, -0.15) is 11.8 Å². The van der Waals surface area contributed by atoms with Gasteiger partial charge in [0.25, 0.3) is 0 Å². The monoisotopic (exact) mass is 268 g/mol. The highest BCUT2D eigenvalue weighted by molar-refractivity contribution is 8.00. The van der Waals surface area contributed by atoms with Crippen molar-refractivity contribution in [2.45, 2.75) is 45.2 Å². The van der Waals surface area contributed by atoms with Crippen LogP contribution in [0.25, 0.3) is 0 Å². The maximum absolute atomic E-state index is 5.58. The van der Waals surface area contributed by atoms with Crippen LogP contribution >= 0.6 is 11.8 Å². The molecule has 102 valence electrons. The molecule has 1 aliphatic rings. The Balaban J connectivity index is 1.97. The molecule has 3 nitrogen and oxygen atoms in total. The van der Waals surface area contributed by atoms with Crippen LogP contribution < -0.4 is 5.32 Å². The smallest absolute Gasteiger partial charge is 0.122 e. The van der Waals surface area contributed by atoms with Gasteiger partial charge in [0.05, 0.1) is 12.8 Å². The number of rotatable bonds is 5. The van der Waals surface area contributed by atoms with E-state index in [1.165, 1.54) is 17.9 Å². The Morgan fingerprint density at radius 3 is 3.11 bits per heavy atom. The third-order valence-corrected chi connectivity index (χ3v) is 5.10. The quantitative estimate of drug-likeness (QED) is 0.889. The van der Waals surface area contributed by atoms with Crippen molar-refractivity contribution < 1.29 is 4.42 Å². The first-order chi connectivity index (χ1) is 8.72. The fourth-order valence-electron chi connectivity index (χ4n) is 2.34. The fourth-order valence-corrected chi connectivity index (χ4v) is 3.50. The van der Waals surface area contributed by atoms with Crippen molar-refractivity contribution in [3.8, 4) is 0 Å². The van der Waals surface area contributed by atoms with Crippen molar-refractivity contribution in [1.29, 1.82) is 0 Å². The topological polar surface area (TPSA) is 28.4 Å². The van der Waals surface area contributed by atoms with Crippen molar-refractivity contribution in [2.24, 2.45) is 0 Å². The SMILES string of the molecule is CCNCc1occc1CN1CCSC(C)C1C. The van der Waals surface area contributed by atoms with Crippen LogP contribution in [-0.4, -0.2) is 35.0 Å². The lowest BCUT2D eigenvalue weighted by Gasteiger charge is -2.37. The van der Waals surface area contributed by atoms with Crippen molar-refractivity contribution >= 4 is 11.8 Å². The van der Waals surface area contributed by atoms with E-state index in [9.17, 15) is 0 Å². The second-order valence-electron chi connectivity index (χ2n) is 4.94. The molecule has 1 aromatic rings. The summed E-state index contributed by atoms with van der Waals surface area (Å²) in [6.45, 7) is 10.8. The van der Waals surface area contributed by atoms with Gasteiger partial charge in [-0.15, -0.1) is 0 Å². The van der Waals surface area contributed by atoms with E-state index < -0.39 is 0 Å². The molecular weight excluding hydrogens is 244 g/mol. The Hall–Kier alpha value is -0.450. The summed E-state index contributed by atoms with van der Waals surface area (Å²) >= 11 is 2.08. The first kappa shape index (κ1) is 14.0. The highest BCUT2D eigenvalue weighted by Gasteiger charge is 2.25. The van der Waals surface area contributed by atoms with Gasteiger partial charge in [-0.1, -0.05) is 13.8 Å². The molecule has 0 aliphatic carbocycles. The molecule has 0 bridgehead atoms. The molecule has 1 fully saturated rings. The lowest BCUT2D eigenvalue weighted by molar-refractivity contribution is 0.203. The average Bonchev–Trinajstić information content (AvgIpc) is 2.80. The summed E-state index contributed by atoms with van der Waals surface area (Å²) in [6.07, 6.45) is 1.81. The lowest BCUT2D eigenvalue weighted by Crippen LogP contribution is -2.44. The van der Waals surface area contributed by atoms with Crippen LogP contribution in [0.4, 0.5) is 0 Å². The van der Waals surface area contributed by atoms with Gasteiger partial charge >= 0.3 is 0 Å². The van der Waals surface area contributed by atoms with E-state index in [-0.39, 0.29) is 0 Å². The minimum absolute atomic E-state index is 0.644. The van der Waals surface area contributed by atoms with Crippen LogP contribution in [-0.2, 0) is 13.1 Å². The highest BCUT2D eigenvalue weighted by atomic mass is 32.2. The number of hydrogen-bond donors (Lipinski definition) is 1. The van der Waals surface area contributed by atoms with Crippen molar-refractivity contribution in [1.82, 2.24) is 10.2 Å². The Bertz CT molecular complexity index is 366. The summed E-state index contributed by atoms with van der Waals surface area (Å²) in [5.74, 6) is 2.33. The van der Waals surface area contributed by atoms with Gasteiger partial charge in [-0.25, -0.2) is 0 Å². The lowest BCUT2D eigenvalue weighted by atomic mass is 10.1. The molecule has 1 aliphatic heterocycles. The number of nitrogens with one attached hydrogen (secondary N) is 1. The molecule has 1 saturated heterocycles. The van der Waals surface area contributed by atoms with Crippen LogP contribution in [0.15, 0.2) is 16.7 Å². The highest BCUT2D eigenvalue weighted by Crippen LogP contribution is 2.26. The number of thioether (sulfide) groups is 1. The molecule has 2 atom stereocenters. The molecule has 18 heavy (non-hydrogen) atoms. The number of furan rings is 1. The zero-order valence-corrected chi connectivity index (χ0v) is 12.4. The fraction of sp³-hybridized carbons (Fsp3) is 0.714. The third-order valence-electron chi connectivity index (χ3n) is 3.76. The van der Waals surface area contributed by atoms with E-state index in [4.69, 9.17) is 4.42 Å². The average molecular weight is 268 g/mol. The summed E-state index contributed by atoms with van der Waals surface area (Å²) in [7, 11) is 0. The standard InChI is InChI=1S/C14H24N2OS/c1-4-15-9-14-13(5-7-17-14)10-16-6-8-18-12(3)11(16)2/h5,7,11-12,15H,4,6,8-10H2,1-3H3. The number of hydrogen-bond acceptors (Lipinski definition) is 4. The molecule has 4 heteroatoms. The second-order valence-corrected chi connectivity index (χ2v) is 6.42. The van der Waals surface area contributed by atoms with Crippen LogP contribution in [0.1, 0.15) is 32.1 Å². The first-order valence-electron chi connectivity index (χ1n) is 6.84. The molecular formula is C14H24N2OS. The van der Waals surface area contributed by atoms with Gasteiger partial charge in [0, 0.05) is 35.7 Å². The maximum Gasteiger partial charge on any atom is 0.122 e. The summed E-state index contributed by atoms with van der Waals surface area (Å²) < 4.78 is 5.58. The van der Waals surface area contributed by atoms with Crippen molar-refractivity contribution in [2.75, 3.05) is 18.8 Å². The summed E-state index contributed by atoms with van der Waals surface area (Å²) in [5, 5.41) is 4.06. The predicted octanol–water partition coefficient (Wildman–Crippen LogP) is 2.71. The zero-order chi connectivity index (χ0) is 13.0. The van der Waals surface area contributed by atoms with Gasteiger partial charge in [-0.05, 0) is 19.5 Å². The van der Waals surface area contributed by atoms with Crippen LogP contribution in [0.5, 0.6) is 0 Å². The van der Waals surface area contributed by atoms with E-state index in [1.54, 1.807) is 0 Å². The van der Waals surface area contributed by atoms with Gasteiger partial charge in [0.1, 0.15) is 5.76 Å². The van der Waals surface area contributed by atoms with E-state index in [0.717, 1.165) is 30.6 Å². The molecule has 1 N–H and O–H groups in total. The largest absolute Gasteiger partial charge is 0.468 e. The molecule has 0 amide bonds. The minimum atomic E-state index is 0.644. The van der Waals surface area contributed by atoms with E-state index in [1.807, 2.05) is 6.26 Å². The van der Waals surface area contributed by atoms with Crippen LogP contribution in [0.2, 0.25) is 0 Å². The van der Waals surface area contributed by atoms with Crippen LogP contribution in [0.3, 0.4) is 0 Å². The molecule has 0 saturated carbocycles. The second kappa shape index (κ2) is 6.64. The molecule has 2 rings (SSSR count). The third kappa shape index (κ3) is 3.31. The van der Waals surface area contributed by atoms with Crippen molar-refractivity contribution in [3.05, 3.63) is 23.7 Å². The molecule has 1 aromatic heterocycles. The summed E-state index contributed by atoms with van der Waals surface area (Å²) in [4.78, 5) is 2.57. The van der Waals surface area contributed by atoms with E-state index >= 15 is 0 Å². The molecule has 0 aromatic carbocycles. The minimum Gasteiger partial charge on any atom is -0.468 e. The van der Waals surface area contributed by atoms with Gasteiger partial charge in [0.15, 0.2) is 0 Å². The molecule has 2 unspecified atom stereocenters. The molecule has 2 heterocycles. The summed E-state index contributed by atoms with van der Waals surface area (Å²) in [5.41, 5.74) is 1.34. The van der Waals surface area contributed by atoms with Crippen molar-refractivity contribution in [3.63, 3.8) is 0 Å². The Morgan fingerprint density at radius 1 is 1.50 bits per heavy atom. The Kier molecular flexibility index (Phi) is 5.15. The van der Waals surface area contributed by atoms with Crippen LogP contribution in [0, 0.1) is 0 Å². The maximum atomic E-state index is 5.58. The Labute approximate surface area is 114 Å². The van der Waals surface area contributed by atoms with Gasteiger partial charge in [0.2, 0.25) is 0 Å². The molecule has 0 spiro atoms. The van der Waals surface area contributed by atoms with Gasteiger partial charge in [-0.3, -0.25) is 4.90 Å². The van der Waals surface area contributed by atoms with E-state index in [0.29, 0.717) is 6.04 Å². The first-order valence-corrected chi connectivity index (χ1v) is 7.88. The van der Waals surface area contributed by atoms with E-state index in [2.05, 4.69) is 48.8 Å². The van der Waals surface area contributed by atoms with Gasteiger partial charge < -0.3 is 9.73 Å². The Morgan fingerprint density at radius 2 is 2.33 bits per heavy atom.